The fourth-order valence-corrected chi connectivity index (χ4v) is 3.24. The van der Waals surface area contributed by atoms with Crippen LogP contribution in [0, 0.1) is 6.92 Å². The number of piperazine rings is 1. The molecule has 6 heteroatoms. The Morgan fingerprint density at radius 2 is 2.04 bits per heavy atom. The highest BCUT2D eigenvalue weighted by molar-refractivity contribution is 5.97. The molecule has 0 aliphatic carbocycles. The Kier molecular flexibility index (Phi) is 6.54. The number of amides is 2. The molecule has 2 N–H and O–H groups in total. The summed E-state index contributed by atoms with van der Waals surface area (Å²) in [6.07, 6.45) is 3.73. The first kappa shape index (κ1) is 19.0. The Balaban J connectivity index is 1.56. The number of anilines is 1. The van der Waals surface area contributed by atoms with Gasteiger partial charge in [-0.25, -0.2) is 0 Å². The molecule has 27 heavy (non-hydrogen) atoms. The lowest BCUT2D eigenvalue weighted by molar-refractivity contribution is -0.139. The van der Waals surface area contributed by atoms with Gasteiger partial charge in [-0.2, -0.15) is 0 Å². The largest absolute Gasteiger partial charge is 0.328 e. The first-order valence-corrected chi connectivity index (χ1v) is 9.41. The number of aromatic nitrogens is 1. The van der Waals surface area contributed by atoms with Crippen LogP contribution in [0.4, 0.5) is 5.69 Å². The van der Waals surface area contributed by atoms with Gasteiger partial charge in [0.1, 0.15) is 6.04 Å². The number of rotatable bonds is 6. The Morgan fingerprint density at radius 1 is 1.22 bits per heavy atom. The maximum atomic E-state index is 12.7. The van der Waals surface area contributed by atoms with E-state index in [2.05, 4.69) is 27.8 Å². The van der Waals surface area contributed by atoms with E-state index in [4.69, 9.17) is 0 Å². The van der Waals surface area contributed by atoms with Crippen LogP contribution in [0.2, 0.25) is 0 Å². The number of carbonyl (C=O) groups excluding carboxylic acids is 2. The van der Waals surface area contributed by atoms with Gasteiger partial charge < -0.3 is 15.5 Å². The van der Waals surface area contributed by atoms with Crippen molar-refractivity contribution in [2.24, 2.45) is 0 Å². The van der Waals surface area contributed by atoms with Gasteiger partial charge >= 0.3 is 0 Å². The van der Waals surface area contributed by atoms with Gasteiger partial charge in [-0.15, -0.1) is 0 Å². The predicted octanol–water partition coefficient (Wildman–Crippen LogP) is 2.15. The minimum absolute atomic E-state index is 0.0367. The lowest BCUT2D eigenvalue weighted by atomic mass is 10.1. The van der Waals surface area contributed by atoms with Crippen LogP contribution >= 0.6 is 0 Å². The topological polar surface area (TPSA) is 74.3 Å². The maximum absolute atomic E-state index is 12.7. The van der Waals surface area contributed by atoms with E-state index in [9.17, 15) is 9.59 Å². The van der Waals surface area contributed by atoms with Crippen molar-refractivity contribution in [1.82, 2.24) is 15.2 Å². The molecule has 1 saturated heterocycles. The molecule has 1 aromatic carbocycles. The molecule has 6 nitrogen and oxygen atoms in total. The third kappa shape index (κ3) is 5.37. The number of hydrogen-bond donors (Lipinski definition) is 2. The Labute approximate surface area is 160 Å². The standard InChI is InChI=1S/C21H26N4O2/c1-16-10-11-18(14-23-16)24-21(27)19-15-22-12-13-25(19)20(26)9-5-8-17-6-3-2-4-7-17/h2-4,6-7,10-11,14,19,22H,5,8-9,12-13,15H2,1H3,(H,24,27). The van der Waals surface area contributed by atoms with Crippen molar-refractivity contribution in [1.29, 1.82) is 0 Å². The molecule has 0 bridgehead atoms. The van der Waals surface area contributed by atoms with E-state index < -0.39 is 6.04 Å². The van der Waals surface area contributed by atoms with E-state index in [1.165, 1.54) is 5.56 Å². The normalized spacial score (nSPS) is 16.8. The quantitative estimate of drug-likeness (QED) is 0.822. The molecule has 142 valence electrons. The zero-order valence-electron chi connectivity index (χ0n) is 15.6. The van der Waals surface area contributed by atoms with Gasteiger partial charge in [0, 0.05) is 31.7 Å². The zero-order valence-corrected chi connectivity index (χ0v) is 15.6. The van der Waals surface area contributed by atoms with Crippen molar-refractivity contribution < 1.29 is 9.59 Å². The summed E-state index contributed by atoms with van der Waals surface area (Å²) in [5, 5.41) is 6.08. The van der Waals surface area contributed by atoms with Gasteiger partial charge in [-0.3, -0.25) is 14.6 Å². The molecule has 0 spiro atoms. The van der Waals surface area contributed by atoms with Crippen molar-refractivity contribution in [3.8, 4) is 0 Å². The second kappa shape index (κ2) is 9.28. The number of hydrogen-bond acceptors (Lipinski definition) is 4. The fourth-order valence-electron chi connectivity index (χ4n) is 3.24. The summed E-state index contributed by atoms with van der Waals surface area (Å²) in [7, 11) is 0. The smallest absolute Gasteiger partial charge is 0.248 e. The van der Waals surface area contributed by atoms with Crippen LogP contribution in [0.3, 0.4) is 0 Å². The SMILES string of the molecule is Cc1ccc(NC(=O)C2CNCCN2C(=O)CCCc2ccccc2)cn1. The van der Waals surface area contributed by atoms with Gasteiger partial charge in [-0.05, 0) is 37.5 Å². The summed E-state index contributed by atoms with van der Waals surface area (Å²) in [6, 6.07) is 13.3. The van der Waals surface area contributed by atoms with E-state index >= 15 is 0 Å². The van der Waals surface area contributed by atoms with Crippen molar-refractivity contribution >= 4 is 17.5 Å². The predicted molar refractivity (Wildman–Crippen MR) is 105 cm³/mol. The van der Waals surface area contributed by atoms with Crippen LogP contribution in [-0.2, 0) is 16.0 Å². The zero-order chi connectivity index (χ0) is 19.1. The fraction of sp³-hybridized carbons (Fsp3) is 0.381. The lowest BCUT2D eigenvalue weighted by Gasteiger charge is -2.35. The van der Waals surface area contributed by atoms with Gasteiger partial charge in [0.05, 0.1) is 11.9 Å². The summed E-state index contributed by atoms with van der Waals surface area (Å²) in [4.78, 5) is 31.3. The highest BCUT2D eigenvalue weighted by Gasteiger charge is 2.31. The van der Waals surface area contributed by atoms with E-state index in [0.717, 1.165) is 18.5 Å². The number of benzene rings is 1. The average molecular weight is 366 g/mol. The minimum Gasteiger partial charge on any atom is -0.328 e. The molecule has 1 aromatic heterocycles. The van der Waals surface area contributed by atoms with Crippen LogP contribution in [0.25, 0.3) is 0 Å². The van der Waals surface area contributed by atoms with Gasteiger partial charge in [0.15, 0.2) is 0 Å². The van der Waals surface area contributed by atoms with E-state index in [0.29, 0.717) is 31.7 Å². The molecule has 0 saturated carbocycles. The second-order valence-electron chi connectivity index (χ2n) is 6.82. The van der Waals surface area contributed by atoms with Crippen LogP contribution in [0.15, 0.2) is 48.7 Å². The molecule has 1 atom stereocenters. The van der Waals surface area contributed by atoms with Crippen LogP contribution in [-0.4, -0.2) is 47.4 Å². The molecular weight excluding hydrogens is 340 g/mol. The van der Waals surface area contributed by atoms with E-state index in [1.807, 2.05) is 37.3 Å². The summed E-state index contributed by atoms with van der Waals surface area (Å²) < 4.78 is 0. The minimum atomic E-state index is -0.496. The van der Waals surface area contributed by atoms with Crippen LogP contribution in [0.1, 0.15) is 24.1 Å². The molecular formula is C21H26N4O2. The third-order valence-electron chi connectivity index (χ3n) is 4.74. The molecule has 1 unspecified atom stereocenters. The van der Waals surface area contributed by atoms with E-state index in [1.54, 1.807) is 11.1 Å². The summed E-state index contributed by atoms with van der Waals surface area (Å²) in [5.74, 6) is -0.140. The van der Waals surface area contributed by atoms with Crippen molar-refractivity contribution in [2.75, 3.05) is 25.0 Å². The van der Waals surface area contributed by atoms with Gasteiger partial charge in [-0.1, -0.05) is 30.3 Å². The Morgan fingerprint density at radius 3 is 2.78 bits per heavy atom. The molecule has 2 amide bonds. The Hall–Kier alpha value is -2.73. The first-order valence-electron chi connectivity index (χ1n) is 9.41. The van der Waals surface area contributed by atoms with Crippen molar-refractivity contribution in [2.45, 2.75) is 32.2 Å². The number of nitrogens with zero attached hydrogens (tertiary/aromatic N) is 2. The third-order valence-corrected chi connectivity index (χ3v) is 4.74. The highest BCUT2D eigenvalue weighted by Crippen LogP contribution is 2.13. The number of pyridine rings is 1. The first-order chi connectivity index (χ1) is 13.1. The van der Waals surface area contributed by atoms with Crippen LogP contribution < -0.4 is 10.6 Å². The maximum Gasteiger partial charge on any atom is 0.248 e. The van der Waals surface area contributed by atoms with Gasteiger partial charge in [0.25, 0.3) is 0 Å². The molecule has 1 fully saturated rings. The molecule has 3 rings (SSSR count). The van der Waals surface area contributed by atoms with Crippen LogP contribution in [0.5, 0.6) is 0 Å². The van der Waals surface area contributed by atoms with Gasteiger partial charge in [0.2, 0.25) is 11.8 Å². The Bertz CT molecular complexity index is 762. The number of nitrogens with one attached hydrogen (secondary N) is 2. The molecule has 2 aromatic rings. The lowest BCUT2D eigenvalue weighted by Crippen LogP contribution is -2.58. The molecule has 2 heterocycles. The monoisotopic (exact) mass is 366 g/mol. The van der Waals surface area contributed by atoms with Crippen molar-refractivity contribution in [3.63, 3.8) is 0 Å². The summed E-state index contributed by atoms with van der Waals surface area (Å²) in [6.45, 7) is 3.62. The number of carbonyl (C=O) groups is 2. The molecule has 1 aliphatic heterocycles. The highest BCUT2D eigenvalue weighted by atomic mass is 16.2. The molecule has 1 aliphatic rings. The van der Waals surface area contributed by atoms with Crippen molar-refractivity contribution in [3.05, 3.63) is 59.9 Å². The van der Waals surface area contributed by atoms with E-state index in [-0.39, 0.29) is 11.8 Å². The summed E-state index contributed by atoms with van der Waals surface area (Å²) >= 11 is 0. The molecule has 0 radical (unpaired) electrons. The second-order valence-corrected chi connectivity index (χ2v) is 6.82. The summed E-state index contributed by atoms with van der Waals surface area (Å²) in [5.41, 5.74) is 2.77. The average Bonchev–Trinajstić information content (AvgIpc) is 2.70. The number of aryl methyl sites for hydroxylation is 2.